The zero-order valence-corrected chi connectivity index (χ0v) is 14.6. The molecule has 0 aromatic heterocycles. The number of carbonyl (C=O) groups is 1. The number of allylic oxidation sites excluding steroid dienone is 1. The Hall–Kier alpha value is -1.61. The summed E-state index contributed by atoms with van der Waals surface area (Å²) < 4.78 is 0. The van der Waals surface area contributed by atoms with E-state index in [0.717, 1.165) is 18.4 Å². The Bertz CT molecular complexity index is 545. The molecule has 1 saturated carbocycles. The van der Waals surface area contributed by atoms with Gasteiger partial charge in [-0.2, -0.15) is 0 Å². The first-order chi connectivity index (χ1) is 11.2. The fourth-order valence-corrected chi connectivity index (χ4v) is 3.74. The van der Waals surface area contributed by atoms with Crippen LogP contribution in [0.15, 0.2) is 23.9 Å². The molecule has 1 aliphatic carbocycles. The minimum Gasteiger partial charge on any atom is -0.374 e. The third kappa shape index (κ3) is 4.94. The third-order valence-corrected chi connectivity index (χ3v) is 5.30. The normalized spacial score (nSPS) is 22.5. The van der Waals surface area contributed by atoms with Gasteiger partial charge in [-0.05, 0) is 53.9 Å². The third-order valence-electron chi connectivity index (χ3n) is 5.30. The van der Waals surface area contributed by atoms with E-state index < -0.39 is 0 Å². The van der Waals surface area contributed by atoms with Crippen molar-refractivity contribution in [2.75, 3.05) is 7.05 Å². The molecule has 0 unspecified atom stereocenters. The van der Waals surface area contributed by atoms with Gasteiger partial charge in [0.25, 0.3) is 0 Å². The van der Waals surface area contributed by atoms with Crippen LogP contribution in [-0.4, -0.2) is 18.7 Å². The number of fused-ring (bicyclic) bond motifs is 1. The highest BCUT2D eigenvalue weighted by atomic mass is 16.1. The molecule has 2 N–H and O–H groups in total. The van der Waals surface area contributed by atoms with Crippen LogP contribution >= 0.6 is 0 Å². The summed E-state index contributed by atoms with van der Waals surface area (Å²) in [5.41, 5.74) is 11.3. The largest absolute Gasteiger partial charge is 0.374 e. The lowest BCUT2D eigenvalue weighted by Crippen LogP contribution is -2.24. The molecule has 0 bridgehead atoms. The second-order valence-electron chi connectivity index (χ2n) is 7.06. The van der Waals surface area contributed by atoms with E-state index in [1.807, 2.05) is 6.79 Å². The maximum absolute atomic E-state index is 8.00. The van der Waals surface area contributed by atoms with Gasteiger partial charge in [0, 0.05) is 25.8 Å². The van der Waals surface area contributed by atoms with Crippen molar-refractivity contribution in [3.8, 4) is 0 Å². The van der Waals surface area contributed by atoms with Crippen LogP contribution < -0.4 is 5.73 Å². The Labute approximate surface area is 147 Å². The van der Waals surface area contributed by atoms with Crippen molar-refractivity contribution >= 4 is 12.9 Å². The topological polar surface area (TPSA) is 46.3 Å². The lowest BCUT2D eigenvalue weighted by Gasteiger charge is -2.33. The van der Waals surface area contributed by atoms with Crippen LogP contribution in [0.1, 0.15) is 63.1 Å². The molecule has 1 aromatic carbocycles. The average molecular weight is 331 g/mol. The van der Waals surface area contributed by atoms with Crippen LogP contribution in [0.5, 0.6) is 0 Å². The van der Waals surface area contributed by atoms with Crippen molar-refractivity contribution < 1.29 is 4.79 Å². The number of nitrogens with two attached hydrogens (primary N) is 1. The molecule has 0 saturated heterocycles. The molecule has 3 nitrogen and oxygen atoms in total. The maximum atomic E-state index is 8.00. The molecule has 3 heteroatoms. The van der Waals surface area contributed by atoms with E-state index in [0.29, 0.717) is 6.54 Å². The van der Waals surface area contributed by atoms with Crippen LogP contribution in [0.3, 0.4) is 0 Å². The van der Waals surface area contributed by atoms with E-state index in [1.165, 1.54) is 54.5 Å². The van der Waals surface area contributed by atoms with E-state index in [-0.39, 0.29) is 7.43 Å². The number of nitrogens with zero attached hydrogens (tertiary/aromatic N) is 1. The molecule has 0 amide bonds. The Morgan fingerprint density at radius 1 is 1.21 bits per heavy atom. The van der Waals surface area contributed by atoms with Gasteiger partial charge in [-0.1, -0.05) is 45.4 Å². The van der Waals surface area contributed by atoms with Crippen molar-refractivity contribution in [2.24, 2.45) is 17.6 Å². The molecular weight excluding hydrogens is 296 g/mol. The van der Waals surface area contributed by atoms with Gasteiger partial charge in [-0.15, -0.1) is 0 Å². The molecule has 0 atom stereocenters. The molecule has 1 fully saturated rings. The lowest BCUT2D eigenvalue weighted by molar-refractivity contribution is -0.0979. The summed E-state index contributed by atoms with van der Waals surface area (Å²) in [6.45, 7) is 6.06. The van der Waals surface area contributed by atoms with Crippen LogP contribution in [0.25, 0.3) is 6.08 Å². The Morgan fingerprint density at radius 3 is 2.50 bits per heavy atom. The van der Waals surface area contributed by atoms with Crippen molar-refractivity contribution in [2.45, 2.75) is 59.5 Å². The van der Waals surface area contributed by atoms with E-state index in [9.17, 15) is 0 Å². The SMILES string of the molecule is C.C=O.CC1CCC(CC2=Cc3cc(CN)ccc3CN2C)CC1. The first-order valence-electron chi connectivity index (χ1n) is 8.68. The number of hydrogen-bond donors (Lipinski definition) is 1. The Balaban J connectivity index is 0.000000925. The summed E-state index contributed by atoms with van der Waals surface area (Å²) in [7, 11) is 2.23. The van der Waals surface area contributed by atoms with Crippen molar-refractivity contribution in [1.29, 1.82) is 0 Å². The summed E-state index contributed by atoms with van der Waals surface area (Å²) >= 11 is 0. The number of rotatable bonds is 3. The van der Waals surface area contributed by atoms with E-state index in [4.69, 9.17) is 10.5 Å². The molecular formula is C21H34N2O. The molecule has 0 spiro atoms. The highest BCUT2D eigenvalue weighted by Crippen LogP contribution is 2.35. The molecule has 1 heterocycles. The zero-order chi connectivity index (χ0) is 16.8. The highest BCUT2D eigenvalue weighted by molar-refractivity contribution is 5.59. The number of hydrogen-bond acceptors (Lipinski definition) is 3. The molecule has 134 valence electrons. The Kier molecular flexibility index (Phi) is 8.20. The van der Waals surface area contributed by atoms with Gasteiger partial charge in [0.15, 0.2) is 0 Å². The van der Waals surface area contributed by atoms with Crippen LogP contribution in [-0.2, 0) is 17.9 Å². The standard InChI is InChI=1S/C19H28N2.CH2O.CH4/c1-14-3-5-15(6-4-14)10-19-11-18-9-16(12-20)7-8-17(18)13-21(19)2;1-2;/h7-9,11,14-15H,3-6,10,12-13,20H2,1-2H3;1H2;1H4. The molecule has 0 radical (unpaired) electrons. The summed E-state index contributed by atoms with van der Waals surface area (Å²) in [4.78, 5) is 10.4. The molecule has 2 aliphatic rings. The molecule has 3 rings (SSSR count). The highest BCUT2D eigenvalue weighted by Gasteiger charge is 2.22. The zero-order valence-electron chi connectivity index (χ0n) is 14.6. The quantitative estimate of drug-likeness (QED) is 0.881. The minimum absolute atomic E-state index is 0. The number of carbonyl (C=O) groups excluding carboxylic acids is 1. The predicted molar refractivity (Wildman–Crippen MR) is 103 cm³/mol. The average Bonchev–Trinajstić information content (AvgIpc) is 2.59. The van der Waals surface area contributed by atoms with E-state index >= 15 is 0 Å². The Morgan fingerprint density at radius 2 is 1.88 bits per heavy atom. The van der Waals surface area contributed by atoms with Gasteiger partial charge in [-0.3, -0.25) is 0 Å². The van der Waals surface area contributed by atoms with Crippen LogP contribution in [0, 0.1) is 11.8 Å². The fourth-order valence-electron chi connectivity index (χ4n) is 3.74. The minimum atomic E-state index is 0. The van der Waals surface area contributed by atoms with Crippen molar-refractivity contribution in [3.63, 3.8) is 0 Å². The molecule has 1 aliphatic heterocycles. The first-order valence-corrected chi connectivity index (χ1v) is 8.68. The predicted octanol–water partition coefficient (Wildman–Crippen LogP) is 4.60. The van der Waals surface area contributed by atoms with Gasteiger partial charge in [0.05, 0.1) is 0 Å². The number of benzene rings is 1. The van der Waals surface area contributed by atoms with Gasteiger partial charge in [-0.25, -0.2) is 0 Å². The lowest BCUT2D eigenvalue weighted by atomic mass is 9.80. The molecule has 24 heavy (non-hydrogen) atoms. The monoisotopic (exact) mass is 330 g/mol. The van der Waals surface area contributed by atoms with Gasteiger partial charge >= 0.3 is 0 Å². The molecule has 1 aromatic rings. The summed E-state index contributed by atoms with van der Waals surface area (Å²) in [5, 5.41) is 0. The fraction of sp³-hybridized carbons (Fsp3) is 0.571. The van der Waals surface area contributed by atoms with Crippen LogP contribution in [0.2, 0.25) is 0 Å². The van der Waals surface area contributed by atoms with E-state index in [1.54, 1.807) is 0 Å². The van der Waals surface area contributed by atoms with Crippen molar-refractivity contribution in [3.05, 3.63) is 40.6 Å². The van der Waals surface area contributed by atoms with Gasteiger partial charge < -0.3 is 15.4 Å². The second kappa shape index (κ2) is 9.63. The van der Waals surface area contributed by atoms with Gasteiger partial charge in [0.1, 0.15) is 6.79 Å². The van der Waals surface area contributed by atoms with E-state index in [2.05, 4.69) is 43.1 Å². The summed E-state index contributed by atoms with van der Waals surface area (Å²) in [6, 6.07) is 6.67. The summed E-state index contributed by atoms with van der Waals surface area (Å²) in [5.74, 6) is 1.82. The van der Waals surface area contributed by atoms with Crippen LogP contribution in [0.4, 0.5) is 0 Å². The maximum Gasteiger partial charge on any atom is 0.106 e. The van der Waals surface area contributed by atoms with Crippen molar-refractivity contribution in [1.82, 2.24) is 4.90 Å². The van der Waals surface area contributed by atoms with Gasteiger partial charge in [0.2, 0.25) is 0 Å². The smallest absolute Gasteiger partial charge is 0.106 e. The summed E-state index contributed by atoms with van der Waals surface area (Å²) in [6.07, 6.45) is 9.28. The second-order valence-corrected chi connectivity index (χ2v) is 7.06. The first kappa shape index (κ1) is 20.4.